The molecule has 2 N–H and O–H groups in total. The molecule has 0 spiro atoms. The van der Waals surface area contributed by atoms with E-state index in [0.29, 0.717) is 22.8 Å². The Bertz CT molecular complexity index is 742. The maximum absolute atomic E-state index is 12.1. The van der Waals surface area contributed by atoms with E-state index in [9.17, 15) is 9.59 Å². The second-order valence-corrected chi connectivity index (χ2v) is 5.55. The molecule has 2 aromatic rings. The highest BCUT2D eigenvalue weighted by Gasteiger charge is 2.14. The number of hydrazine groups is 1. The number of methoxy groups -OCH3 is 2. The molecule has 0 aliphatic heterocycles. The van der Waals surface area contributed by atoms with Crippen LogP contribution in [-0.4, -0.2) is 30.6 Å². The van der Waals surface area contributed by atoms with Crippen LogP contribution in [0.25, 0.3) is 0 Å². The van der Waals surface area contributed by atoms with Crippen molar-refractivity contribution in [3.05, 3.63) is 46.2 Å². The van der Waals surface area contributed by atoms with Gasteiger partial charge in [-0.15, -0.1) is 0 Å². The Morgan fingerprint density at radius 3 is 2.26 bits per heavy atom. The highest BCUT2D eigenvalue weighted by Crippen LogP contribution is 2.27. The van der Waals surface area contributed by atoms with E-state index in [-0.39, 0.29) is 0 Å². The van der Waals surface area contributed by atoms with Gasteiger partial charge in [0.25, 0.3) is 11.8 Å². The lowest BCUT2D eigenvalue weighted by Gasteiger charge is -2.11. The molecule has 2 rings (SSSR count). The predicted octanol–water partition coefficient (Wildman–Crippen LogP) is 1.88. The number of nitrogens with zero attached hydrogens (tertiary/aromatic N) is 1. The van der Waals surface area contributed by atoms with Gasteiger partial charge >= 0.3 is 0 Å². The summed E-state index contributed by atoms with van der Waals surface area (Å²) < 4.78 is 12.7. The minimum absolute atomic E-state index is 0.330. The third kappa shape index (κ3) is 3.84. The molecule has 0 aliphatic rings. The van der Waals surface area contributed by atoms with Crippen LogP contribution < -0.4 is 20.3 Å². The van der Waals surface area contributed by atoms with Crippen LogP contribution in [0.2, 0.25) is 0 Å². The van der Waals surface area contributed by atoms with Gasteiger partial charge in [0, 0.05) is 23.3 Å². The minimum atomic E-state index is -0.465. The van der Waals surface area contributed by atoms with E-state index in [2.05, 4.69) is 26.8 Å². The Labute approximate surface area is 141 Å². The van der Waals surface area contributed by atoms with Gasteiger partial charge in [-0.2, -0.15) is 0 Å². The van der Waals surface area contributed by atoms with Crippen molar-refractivity contribution in [3.8, 4) is 11.5 Å². The fourth-order valence-corrected chi connectivity index (χ4v) is 2.50. The first-order valence-corrected chi connectivity index (χ1v) is 7.40. The number of hydrogen-bond acceptors (Lipinski definition) is 4. The summed E-state index contributed by atoms with van der Waals surface area (Å²) in [6.45, 7) is 0. The van der Waals surface area contributed by atoms with Crippen molar-refractivity contribution in [2.75, 3.05) is 14.2 Å². The molecule has 8 heteroatoms. The number of rotatable bonds is 4. The molecule has 0 fully saturated rings. The number of aryl methyl sites for hydroxylation is 1. The van der Waals surface area contributed by atoms with Crippen molar-refractivity contribution < 1.29 is 19.1 Å². The Kier molecular flexibility index (Phi) is 5.28. The molecule has 0 aliphatic carbocycles. The summed E-state index contributed by atoms with van der Waals surface area (Å²) in [7, 11) is 4.72. The second kappa shape index (κ2) is 7.19. The van der Waals surface area contributed by atoms with Crippen molar-refractivity contribution >= 4 is 27.7 Å². The minimum Gasteiger partial charge on any atom is -0.493 e. The zero-order valence-electron chi connectivity index (χ0n) is 12.8. The van der Waals surface area contributed by atoms with Crippen LogP contribution in [0.1, 0.15) is 20.8 Å². The van der Waals surface area contributed by atoms with Crippen LogP contribution in [0.5, 0.6) is 11.5 Å². The molecule has 0 atom stereocenters. The van der Waals surface area contributed by atoms with Gasteiger partial charge in [-0.05, 0) is 40.2 Å². The monoisotopic (exact) mass is 381 g/mol. The summed E-state index contributed by atoms with van der Waals surface area (Å²) >= 11 is 3.28. The molecular weight excluding hydrogens is 366 g/mol. The first-order chi connectivity index (χ1) is 11.0. The summed E-state index contributed by atoms with van der Waals surface area (Å²) in [4.78, 5) is 24.1. The molecular formula is C15H16BrN3O4. The number of nitrogens with one attached hydrogen (secondary N) is 2. The zero-order valence-corrected chi connectivity index (χ0v) is 14.4. The summed E-state index contributed by atoms with van der Waals surface area (Å²) in [5.41, 5.74) is 5.46. The number of hydrogen-bond donors (Lipinski definition) is 2. The smallest absolute Gasteiger partial charge is 0.286 e. The average Bonchev–Trinajstić information content (AvgIpc) is 2.90. The lowest BCUT2D eigenvalue weighted by Crippen LogP contribution is -2.42. The van der Waals surface area contributed by atoms with E-state index < -0.39 is 11.8 Å². The number of amides is 2. The van der Waals surface area contributed by atoms with Crippen LogP contribution in [-0.2, 0) is 7.05 Å². The van der Waals surface area contributed by atoms with Crippen molar-refractivity contribution in [3.63, 3.8) is 0 Å². The van der Waals surface area contributed by atoms with Crippen LogP contribution in [0, 0.1) is 0 Å². The van der Waals surface area contributed by atoms with Gasteiger partial charge in [0.1, 0.15) is 5.69 Å². The molecule has 0 bridgehead atoms. The van der Waals surface area contributed by atoms with Crippen LogP contribution in [0.15, 0.2) is 34.9 Å². The molecule has 0 saturated heterocycles. The Morgan fingerprint density at radius 1 is 1.04 bits per heavy atom. The van der Waals surface area contributed by atoms with Crippen LogP contribution >= 0.6 is 15.9 Å². The van der Waals surface area contributed by atoms with Crippen molar-refractivity contribution in [2.24, 2.45) is 7.05 Å². The van der Waals surface area contributed by atoms with E-state index in [1.165, 1.54) is 20.3 Å². The SMILES string of the molecule is COc1ccc(C(=O)NNC(=O)c2cc(Br)cn2C)cc1OC. The number of benzene rings is 1. The molecule has 7 nitrogen and oxygen atoms in total. The highest BCUT2D eigenvalue weighted by atomic mass is 79.9. The zero-order chi connectivity index (χ0) is 17.0. The summed E-state index contributed by atoms with van der Waals surface area (Å²) in [6, 6.07) is 6.36. The first-order valence-electron chi connectivity index (χ1n) is 6.61. The van der Waals surface area contributed by atoms with Gasteiger partial charge in [-0.25, -0.2) is 0 Å². The first kappa shape index (κ1) is 16.9. The molecule has 2 amide bonds. The molecule has 122 valence electrons. The second-order valence-electron chi connectivity index (χ2n) is 4.63. The highest BCUT2D eigenvalue weighted by molar-refractivity contribution is 9.10. The Morgan fingerprint density at radius 2 is 1.70 bits per heavy atom. The summed E-state index contributed by atoms with van der Waals surface area (Å²) in [5.74, 6) is 0.0548. The van der Waals surface area contributed by atoms with E-state index in [4.69, 9.17) is 9.47 Å². The van der Waals surface area contributed by atoms with E-state index >= 15 is 0 Å². The van der Waals surface area contributed by atoms with Gasteiger partial charge in [0.05, 0.1) is 14.2 Å². The lowest BCUT2D eigenvalue weighted by molar-refractivity contribution is 0.0842. The van der Waals surface area contributed by atoms with Gasteiger partial charge in [0.2, 0.25) is 0 Å². The third-order valence-corrected chi connectivity index (χ3v) is 3.57. The Hall–Kier alpha value is -2.48. The predicted molar refractivity (Wildman–Crippen MR) is 87.6 cm³/mol. The number of halogens is 1. The number of ether oxygens (including phenoxy) is 2. The lowest BCUT2D eigenvalue weighted by atomic mass is 10.2. The number of carbonyl (C=O) groups excluding carboxylic acids is 2. The summed E-state index contributed by atoms with van der Waals surface area (Å²) in [5, 5.41) is 0. The van der Waals surface area contributed by atoms with Crippen LogP contribution in [0.3, 0.4) is 0 Å². The Balaban J connectivity index is 2.05. The number of aromatic nitrogens is 1. The molecule has 1 aromatic heterocycles. The molecule has 0 unspecified atom stereocenters. The number of carbonyl (C=O) groups is 2. The molecule has 23 heavy (non-hydrogen) atoms. The normalized spacial score (nSPS) is 10.1. The fraction of sp³-hybridized carbons (Fsp3) is 0.200. The largest absolute Gasteiger partial charge is 0.493 e. The standard InChI is InChI=1S/C15H16BrN3O4/c1-19-8-10(16)7-11(19)15(21)18-17-14(20)9-4-5-12(22-2)13(6-9)23-3/h4-8H,1-3H3,(H,17,20)(H,18,21). The third-order valence-electron chi connectivity index (χ3n) is 3.14. The average molecular weight is 382 g/mol. The maximum Gasteiger partial charge on any atom is 0.286 e. The van der Waals surface area contributed by atoms with Gasteiger partial charge in [-0.1, -0.05) is 0 Å². The van der Waals surface area contributed by atoms with E-state index in [1.807, 2.05) is 0 Å². The van der Waals surface area contributed by atoms with E-state index in [1.54, 1.807) is 36.0 Å². The van der Waals surface area contributed by atoms with Gasteiger partial charge in [-0.3, -0.25) is 20.4 Å². The molecule has 0 saturated carbocycles. The van der Waals surface area contributed by atoms with E-state index in [0.717, 1.165) is 4.47 Å². The maximum atomic E-state index is 12.1. The van der Waals surface area contributed by atoms with Crippen LogP contribution in [0.4, 0.5) is 0 Å². The van der Waals surface area contributed by atoms with Crippen molar-refractivity contribution in [2.45, 2.75) is 0 Å². The van der Waals surface area contributed by atoms with Crippen molar-refractivity contribution in [1.29, 1.82) is 0 Å². The molecule has 1 heterocycles. The summed E-state index contributed by atoms with van der Waals surface area (Å²) in [6.07, 6.45) is 1.74. The van der Waals surface area contributed by atoms with Gasteiger partial charge < -0.3 is 14.0 Å². The topological polar surface area (TPSA) is 81.6 Å². The quantitative estimate of drug-likeness (QED) is 0.792. The fourth-order valence-electron chi connectivity index (χ4n) is 1.98. The van der Waals surface area contributed by atoms with Gasteiger partial charge in [0.15, 0.2) is 11.5 Å². The molecule has 0 radical (unpaired) electrons. The van der Waals surface area contributed by atoms with Crippen molar-refractivity contribution in [1.82, 2.24) is 15.4 Å². The molecule has 1 aromatic carbocycles.